The molecule has 2 N–H and O–H groups in total. The van der Waals surface area contributed by atoms with Gasteiger partial charge in [-0.2, -0.15) is 5.10 Å². The lowest BCUT2D eigenvalue weighted by Gasteiger charge is -2.20. The van der Waals surface area contributed by atoms with Gasteiger partial charge in [-0.05, 0) is 33.5 Å². The van der Waals surface area contributed by atoms with E-state index in [1.165, 1.54) is 12.8 Å². The summed E-state index contributed by atoms with van der Waals surface area (Å²) < 4.78 is 0. The number of nitrogens with zero attached hydrogens (tertiary/aromatic N) is 3. The Morgan fingerprint density at radius 2 is 2.25 bits per heavy atom. The Kier molecular flexibility index (Phi) is 3.90. The zero-order valence-corrected chi connectivity index (χ0v) is 10.2. The second kappa shape index (κ2) is 5.41. The summed E-state index contributed by atoms with van der Waals surface area (Å²) in [5, 5.41) is 10.8. The molecule has 1 aromatic rings. The average Bonchev–Trinajstić information content (AvgIpc) is 2.76. The summed E-state index contributed by atoms with van der Waals surface area (Å²) in [6, 6.07) is 0.359. The van der Waals surface area contributed by atoms with E-state index < -0.39 is 0 Å². The van der Waals surface area contributed by atoms with Crippen molar-refractivity contribution in [2.45, 2.75) is 31.7 Å². The van der Waals surface area contributed by atoms with E-state index in [4.69, 9.17) is 0 Å². The highest BCUT2D eigenvalue weighted by Crippen LogP contribution is 2.19. The monoisotopic (exact) mass is 223 g/mol. The minimum absolute atomic E-state index is 0.359. The number of piperidine rings is 1. The van der Waals surface area contributed by atoms with E-state index in [1.807, 2.05) is 0 Å². The van der Waals surface area contributed by atoms with Crippen molar-refractivity contribution in [3.8, 4) is 0 Å². The van der Waals surface area contributed by atoms with E-state index in [0.717, 1.165) is 37.6 Å². The van der Waals surface area contributed by atoms with Crippen LogP contribution in [0.15, 0.2) is 0 Å². The number of nitrogens with one attached hydrogen (secondary N) is 2. The molecule has 1 aromatic heterocycles. The largest absolute Gasteiger partial charge is 0.309 e. The van der Waals surface area contributed by atoms with E-state index in [-0.39, 0.29) is 0 Å². The summed E-state index contributed by atoms with van der Waals surface area (Å²) in [6.07, 6.45) is 4.64. The molecule has 1 aliphatic rings. The van der Waals surface area contributed by atoms with Gasteiger partial charge in [0.15, 0.2) is 5.82 Å². The molecule has 90 valence electrons. The summed E-state index contributed by atoms with van der Waals surface area (Å²) in [6.45, 7) is 2.10. The van der Waals surface area contributed by atoms with Gasteiger partial charge in [0, 0.05) is 13.0 Å². The molecule has 0 bridgehead atoms. The van der Waals surface area contributed by atoms with Crippen LogP contribution in [0.1, 0.15) is 37.0 Å². The van der Waals surface area contributed by atoms with Gasteiger partial charge in [-0.1, -0.05) is 6.42 Å². The first kappa shape index (κ1) is 11.5. The highest BCUT2D eigenvalue weighted by molar-refractivity contribution is 4.98. The Balaban J connectivity index is 1.90. The molecule has 1 atom stereocenters. The normalized spacial score (nSPS) is 21.6. The predicted octanol–water partition coefficient (Wildman–Crippen LogP) is 0.723. The maximum Gasteiger partial charge on any atom is 0.167 e. The smallest absolute Gasteiger partial charge is 0.167 e. The third-order valence-corrected chi connectivity index (χ3v) is 2.97. The zero-order chi connectivity index (χ0) is 11.4. The maximum absolute atomic E-state index is 4.55. The van der Waals surface area contributed by atoms with Crippen LogP contribution in [0.3, 0.4) is 0 Å². The molecule has 0 radical (unpaired) electrons. The van der Waals surface area contributed by atoms with Gasteiger partial charge in [0.05, 0.1) is 6.04 Å². The molecule has 5 nitrogen and oxygen atoms in total. The van der Waals surface area contributed by atoms with Crippen LogP contribution in [0.5, 0.6) is 0 Å². The average molecular weight is 223 g/mol. The lowest BCUT2D eigenvalue weighted by molar-refractivity contribution is 0.397. The molecular formula is C11H21N5. The van der Waals surface area contributed by atoms with E-state index in [0.29, 0.717) is 6.04 Å². The molecule has 1 aliphatic heterocycles. The number of likely N-dealkylation sites (N-methyl/N-ethyl adjacent to an activating group) is 1. The van der Waals surface area contributed by atoms with Crippen LogP contribution < -0.4 is 5.32 Å². The van der Waals surface area contributed by atoms with Crippen LogP contribution >= 0.6 is 0 Å². The summed E-state index contributed by atoms with van der Waals surface area (Å²) >= 11 is 0. The minimum Gasteiger partial charge on any atom is -0.309 e. The molecule has 0 aromatic carbocycles. The third kappa shape index (κ3) is 3.02. The minimum atomic E-state index is 0.359. The van der Waals surface area contributed by atoms with Crippen molar-refractivity contribution in [1.29, 1.82) is 0 Å². The van der Waals surface area contributed by atoms with Gasteiger partial charge in [-0.25, -0.2) is 4.98 Å². The number of hydrogen-bond acceptors (Lipinski definition) is 4. The second-order valence-corrected chi connectivity index (χ2v) is 4.70. The molecule has 0 aliphatic carbocycles. The van der Waals surface area contributed by atoms with Crippen LogP contribution in [0, 0.1) is 0 Å². The third-order valence-electron chi connectivity index (χ3n) is 2.97. The van der Waals surface area contributed by atoms with Gasteiger partial charge in [0.2, 0.25) is 0 Å². The summed E-state index contributed by atoms with van der Waals surface area (Å²) in [5.41, 5.74) is 0. The van der Waals surface area contributed by atoms with Crippen molar-refractivity contribution < 1.29 is 0 Å². The fourth-order valence-corrected chi connectivity index (χ4v) is 1.98. The molecule has 0 saturated carbocycles. The second-order valence-electron chi connectivity index (χ2n) is 4.70. The van der Waals surface area contributed by atoms with Crippen LogP contribution in [-0.4, -0.2) is 47.3 Å². The van der Waals surface area contributed by atoms with E-state index in [9.17, 15) is 0 Å². The van der Waals surface area contributed by atoms with Crippen molar-refractivity contribution in [2.75, 3.05) is 27.2 Å². The van der Waals surface area contributed by atoms with Crippen molar-refractivity contribution >= 4 is 0 Å². The van der Waals surface area contributed by atoms with Crippen LogP contribution in [0.4, 0.5) is 0 Å². The van der Waals surface area contributed by atoms with Crippen LogP contribution in [0.25, 0.3) is 0 Å². The first-order valence-electron chi connectivity index (χ1n) is 6.05. The Labute approximate surface area is 96.6 Å². The Morgan fingerprint density at radius 1 is 1.38 bits per heavy atom. The first-order valence-corrected chi connectivity index (χ1v) is 6.05. The molecule has 2 heterocycles. The molecule has 1 saturated heterocycles. The molecule has 2 rings (SSSR count). The van der Waals surface area contributed by atoms with Gasteiger partial charge in [-0.15, -0.1) is 0 Å². The predicted molar refractivity (Wildman–Crippen MR) is 63.2 cm³/mol. The molecule has 0 spiro atoms. The fourth-order valence-electron chi connectivity index (χ4n) is 1.98. The van der Waals surface area contributed by atoms with Crippen molar-refractivity contribution in [3.05, 3.63) is 11.6 Å². The van der Waals surface area contributed by atoms with E-state index in [1.54, 1.807) is 0 Å². The highest BCUT2D eigenvalue weighted by Gasteiger charge is 2.18. The number of H-pyrrole nitrogens is 1. The number of rotatable bonds is 4. The topological polar surface area (TPSA) is 56.8 Å². The van der Waals surface area contributed by atoms with E-state index in [2.05, 4.69) is 39.5 Å². The fraction of sp³-hybridized carbons (Fsp3) is 0.818. The molecule has 1 unspecified atom stereocenters. The Hall–Kier alpha value is -0.940. The maximum atomic E-state index is 4.55. The Morgan fingerprint density at radius 3 is 2.94 bits per heavy atom. The zero-order valence-electron chi connectivity index (χ0n) is 10.2. The molecule has 0 amide bonds. The van der Waals surface area contributed by atoms with Gasteiger partial charge in [-0.3, -0.25) is 5.10 Å². The van der Waals surface area contributed by atoms with Gasteiger partial charge >= 0.3 is 0 Å². The summed E-state index contributed by atoms with van der Waals surface area (Å²) in [4.78, 5) is 6.70. The van der Waals surface area contributed by atoms with Crippen molar-refractivity contribution in [3.63, 3.8) is 0 Å². The van der Waals surface area contributed by atoms with Crippen LogP contribution in [-0.2, 0) is 6.42 Å². The number of aromatic amines is 1. The quantitative estimate of drug-likeness (QED) is 0.790. The molecule has 16 heavy (non-hydrogen) atoms. The number of aromatic nitrogens is 3. The highest BCUT2D eigenvalue weighted by atomic mass is 15.2. The van der Waals surface area contributed by atoms with Crippen molar-refractivity contribution in [1.82, 2.24) is 25.4 Å². The van der Waals surface area contributed by atoms with E-state index >= 15 is 0 Å². The van der Waals surface area contributed by atoms with Crippen LogP contribution in [0.2, 0.25) is 0 Å². The lowest BCUT2D eigenvalue weighted by atomic mass is 10.0. The molecule has 5 heteroatoms. The SMILES string of the molecule is CN(C)CCc1nc(C2CCCCN2)n[nH]1. The lowest BCUT2D eigenvalue weighted by Crippen LogP contribution is -2.27. The number of hydrogen-bond donors (Lipinski definition) is 2. The van der Waals surface area contributed by atoms with Gasteiger partial charge in [0.25, 0.3) is 0 Å². The van der Waals surface area contributed by atoms with Crippen molar-refractivity contribution in [2.24, 2.45) is 0 Å². The first-order chi connectivity index (χ1) is 7.75. The summed E-state index contributed by atoms with van der Waals surface area (Å²) in [7, 11) is 4.14. The Bertz CT molecular complexity index is 314. The summed E-state index contributed by atoms with van der Waals surface area (Å²) in [5.74, 6) is 1.93. The standard InChI is InChI=1S/C11H21N5/c1-16(2)8-6-10-13-11(15-14-10)9-5-3-4-7-12-9/h9,12H,3-8H2,1-2H3,(H,13,14,15). The van der Waals surface area contributed by atoms with Gasteiger partial charge < -0.3 is 10.2 Å². The molecular weight excluding hydrogens is 202 g/mol. The van der Waals surface area contributed by atoms with Gasteiger partial charge in [0.1, 0.15) is 5.82 Å². The molecule has 1 fully saturated rings.